The molecule has 0 radical (unpaired) electrons. The van der Waals surface area contributed by atoms with Crippen molar-refractivity contribution in [1.82, 2.24) is 15.5 Å². The van der Waals surface area contributed by atoms with Crippen molar-refractivity contribution in [2.75, 3.05) is 26.7 Å². The highest BCUT2D eigenvalue weighted by atomic mass is 16.3. The molecule has 1 saturated heterocycles. The summed E-state index contributed by atoms with van der Waals surface area (Å²) in [4.78, 5) is 24.0. The molecule has 3 amide bonds. The van der Waals surface area contributed by atoms with Crippen LogP contribution in [0, 0.1) is 0 Å². The molecule has 1 heterocycles. The normalized spacial score (nSPS) is 21.3. The van der Waals surface area contributed by atoms with Crippen LogP contribution in [0.2, 0.25) is 0 Å². The summed E-state index contributed by atoms with van der Waals surface area (Å²) in [7, 11) is 1.46. The van der Waals surface area contributed by atoms with E-state index in [2.05, 4.69) is 10.6 Å². The van der Waals surface area contributed by atoms with Crippen LogP contribution in [0.25, 0.3) is 0 Å². The third kappa shape index (κ3) is 4.26. The summed E-state index contributed by atoms with van der Waals surface area (Å²) in [5, 5.41) is 13.7. The maximum atomic E-state index is 11.2. The molecular weight excluding hydrogens is 198 g/mol. The van der Waals surface area contributed by atoms with E-state index in [1.807, 2.05) is 4.90 Å². The standard InChI is InChI=1S/C9H17N3O3/c1-10-9(15)11-8(14)3-5-12-4-2-7(13)6-12/h7,13H,2-6H2,1H3,(H2,10,11,14,15)/t7-/m1/s1. The van der Waals surface area contributed by atoms with E-state index in [0.29, 0.717) is 13.1 Å². The molecule has 1 aliphatic rings. The Kier molecular flexibility index (Phi) is 4.51. The van der Waals surface area contributed by atoms with Crippen LogP contribution < -0.4 is 10.6 Å². The number of aliphatic hydroxyl groups is 1. The van der Waals surface area contributed by atoms with Gasteiger partial charge < -0.3 is 15.3 Å². The Morgan fingerprint density at radius 3 is 2.80 bits per heavy atom. The van der Waals surface area contributed by atoms with Crippen molar-refractivity contribution in [3.05, 3.63) is 0 Å². The average Bonchev–Trinajstić information content (AvgIpc) is 2.61. The van der Waals surface area contributed by atoms with Gasteiger partial charge in [0.05, 0.1) is 6.10 Å². The van der Waals surface area contributed by atoms with Gasteiger partial charge >= 0.3 is 6.03 Å². The molecule has 6 heteroatoms. The van der Waals surface area contributed by atoms with Gasteiger partial charge in [-0.1, -0.05) is 0 Å². The predicted molar refractivity (Wildman–Crippen MR) is 54.3 cm³/mol. The maximum absolute atomic E-state index is 11.2. The Labute approximate surface area is 88.6 Å². The van der Waals surface area contributed by atoms with Crippen LogP contribution in [0.1, 0.15) is 12.8 Å². The van der Waals surface area contributed by atoms with Gasteiger partial charge in [0.25, 0.3) is 0 Å². The van der Waals surface area contributed by atoms with Gasteiger partial charge in [-0.3, -0.25) is 10.1 Å². The number of aliphatic hydroxyl groups excluding tert-OH is 1. The molecule has 0 unspecified atom stereocenters. The summed E-state index contributed by atoms with van der Waals surface area (Å²) in [5.41, 5.74) is 0. The number of carbonyl (C=O) groups excluding carboxylic acids is 2. The molecule has 3 N–H and O–H groups in total. The number of urea groups is 1. The first-order valence-electron chi connectivity index (χ1n) is 5.04. The van der Waals surface area contributed by atoms with Crippen molar-refractivity contribution >= 4 is 11.9 Å². The van der Waals surface area contributed by atoms with E-state index in [1.54, 1.807) is 0 Å². The quantitative estimate of drug-likeness (QED) is 0.558. The van der Waals surface area contributed by atoms with Gasteiger partial charge in [0.15, 0.2) is 0 Å². The van der Waals surface area contributed by atoms with E-state index >= 15 is 0 Å². The minimum atomic E-state index is -0.485. The summed E-state index contributed by atoms with van der Waals surface area (Å²) < 4.78 is 0. The summed E-state index contributed by atoms with van der Waals surface area (Å²) >= 11 is 0. The molecule has 15 heavy (non-hydrogen) atoms. The summed E-state index contributed by atoms with van der Waals surface area (Å²) in [6.07, 6.45) is 0.768. The van der Waals surface area contributed by atoms with Crippen LogP contribution in [0.15, 0.2) is 0 Å². The van der Waals surface area contributed by atoms with Gasteiger partial charge in [-0.25, -0.2) is 4.79 Å². The summed E-state index contributed by atoms with van der Waals surface area (Å²) in [6.45, 7) is 2.02. The number of nitrogens with one attached hydrogen (secondary N) is 2. The van der Waals surface area contributed by atoms with Gasteiger partial charge in [-0.15, -0.1) is 0 Å². The lowest BCUT2D eigenvalue weighted by Crippen LogP contribution is -2.39. The van der Waals surface area contributed by atoms with Crippen molar-refractivity contribution in [1.29, 1.82) is 0 Å². The number of amides is 3. The lowest BCUT2D eigenvalue weighted by atomic mass is 10.3. The first kappa shape index (κ1) is 11.9. The Morgan fingerprint density at radius 1 is 1.53 bits per heavy atom. The number of nitrogens with zero attached hydrogens (tertiary/aromatic N) is 1. The zero-order valence-corrected chi connectivity index (χ0v) is 8.82. The summed E-state index contributed by atoms with van der Waals surface area (Å²) in [6, 6.07) is -0.485. The zero-order chi connectivity index (χ0) is 11.3. The Morgan fingerprint density at radius 2 is 2.27 bits per heavy atom. The number of carbonyl (C=O) groups is 2. The van der Waals surface area contributed by atoms with E-state index in [-0.39, 0.29) is 18.4 Å². The smallest absolute Gasteiger partial charge is 0.321 e. The van der Waals surface area contributed by atoms with E-state index in [4.69, 9.17) is 0 Å². The molecule has 1 fully saturated rings. The maximum Gasteiger partial charge on any atom is 0.321 e. The molecule has 0 aromatic heterocycles. The average molecular weight is 215 g/mol. The van der Waals surface area contributed by atoms with Crippen molar-refractivity contribution in [2.24, 2.45) is 0 Å². The second-order valence-corrected chi connectivity index (χ2v) is 3.62. The lowest BCUT2D eigenvalue weighted by molar-refractivity contribution is -0.120. The van der Waals surface area contributed by atoms with E-state index in [9.17, 15) is 14.7 Å². The van der Waals surface area contributed by atoms with Crippen LogP contribution >= 0.6 is 0 Å². The number of likely N-dealkylation sites (tertiary alicyclic amines) is 1. The highest BCUT2D eigenvalue weighted by molar-refractivity contribution is 5.94. The third-order valence-corrected chi connectivity index (χ3v) is 2.38. The molecule has 1 aliphatic heterocycles. The largest absolute Gasteiger partial charge is 0.392 e. The van der Waals surface area contributed by atoms with Crippen LogP contribution in [-0.4, -0.2) is 54.7 Å². The van der Waals surface area contributed by atoms with Gasteiger partial charge in [0, 0.05) is 33.1 Å². The molecule has 1 rings (SSSR count). The molecule has 6 nitrogen and oxygen atoms in total. The van der Waals surface area contributed by atoms with Gasteiger partial charge in [0.2, 0.25) is 5.91 Å². The number of hydrogen-bond donors (Lipinski definition) is 3. The third-order valence-electron chi connectivity index (χ3n) is 2.38. The first-order chi connectivity index (χ1) is 7.11. The van der Waals surface area contributed by atoms with Crippen molar-refractivity contribution in [2.45, 2.75) is 18.9 Å². The Bertz CT molecular complexity index is 245. The Balaban J connectivity index is 2.14. The molecule has 0 aromatic rings. The van der Waals surface area contributed by atoms with Crippen molar-refractivity contribution in [3.8, 4) is 0 Å². The van der Waals surface area contributed by atoms with Gasteiger partial charge in [-0.05, 0) is 6.42 Å². The van der Waals surface area contributed by atoms with Gasteiger partial charge in [0.1, 0.15) is 0 Å². The van der Waals surface area contributed by atoms with Crippen molar-refractivity contribution < 1.29 is 14.7 Å². The number of rotatable bonds is 3. The first-order valence-corrected chi connectivity index (χ1v) is 5.04. The lowest BCUT2D eigenvalue weighted by Gasteiger charge is -2.13. The van der Waals surface area contributed by atoms with E-state index in [0.717, 1.165) is 13.0 Å². The second-order valence-electron chi connectivity index (χ2n) is 3.62. The number of hydrogen-bond acceptors (Lipinski definition) is 4. The SMILES string of the molecule is CNC(=O)NC(=O)CCN1CC[C@@H](O)C1. The van der Waals surface area contributed by atoms with E-state index in [1.165, 1.54) is 7.05 Å². The molecule has 0 aromatic carbocycles. The fraction of sp³-hybridized carbons (Fsp3) is 0.778. The molecule has 0 saturated carbocycles. The minimum Gasteiger partial charge on any atom is -0.392 e. The van der Waals surface area contributed by atoms with E-state index < -0.39 is 6.03 Å². The number of β-amino-alcohol motifs (C(OH)–C–C–N with tert-alkyl or cyclic N) is 1. The minimum absolute atomic E-state index is 0.271. The van der Waals surface area contributed by atoms with Crippen LogP contribution in [0.4, 0.5) is 4.79 Å². The van der Waals surface area contributed by atoms with Crippen LogP contribution in [0.3, 0.4) is 0 Å². The number of imide groups is 1. The molecule has 1 atom stereocenters. The molecule has 0 spiro atoms. The predicted octanol–water partition coefficient (Wildman–Crippen LogP) is -1.10. The highest BCUT2D eigenvalue weighted by Crippen LogP contribution is 2.08. The monoisotopic (exact) mass is 215 g/mol. The molecular formula is C9H17N3O3. The van der Waals surface area contributed by atoms with Gasteiger partial charge in [-0.2, -0.15) is 0 Å². The molecule has 0 bridgehead atoms. The Hall–Kier alpha value is -1.14. The summed E-state index contributed by atoms with van der Waals surface area (Å²) in [5.74, 6) is -0.296. The van der Waals surface area contributed by atoms with Crippen molar-refractivity contribution in [3.63, 3.8) is 0 Å². The van der Waals surface area contributed by atoms with Crippen LogP contribution in [-0.2, 0) is 4.79 Å². The highest BCUT2D eigenvalue weighted by Gasteiger charge is 2.20. The second kappa shape index (κ2) is 5.67. The fourth-order valence-corrected chi connectivity index (χ4v) is 1.53. The molecule has 0 aliphatic carbocycles. The molecule has 86 valence electrons. The fourth-order valence-electron chi connectivity index (χ4n) is 1.53. The topological polar surface area (TPSA) is 81.7 Å². The van der Waals surface area contributed by atoms with Crippen LogP contribution in [0.5, 0.6) is 0 Å². The zero-order valence-electron chi connectivity index (χ0n) is 8.82.